The molecule has 1 atom stereocenters. The maximum absolute atomic E-state index is 13.3. The fourth-order valence-corrected chi connectivity index (χ4v) is 6.65. The number of hydrogen-bond acceptors (Lipinski definition) is 6. The molecule has 1 aliphatic heterocycles. The van der Waals surface area contributed by atoms with E-state index in [9.17, 15) is 18.0 Å². The normalized spacial score (nSPS) is 17.5. The van der Waals surface area contributed by atoms with Crippen LogP contribution in [0.4, 0.5) is 0 Å². The van der Waals surface area contributed by atoms with Crippen LogP contribution in [0.15, 0.2) is 64.5 Å². The van der Waals surface area contributed by atoms with Crippen molar-refractivity contribution >= 4 is 38.4 Å². The van der Waals surface area contributed by atoms with Gasteiger partial charge in [-0.2, -0.15) is 0 Å². The predicted octanol–water partition coefficient (Wildman–Crippen LogP) is 2.72. The van der Waals surface area contributed by atoms with Gasteiger partial charge in [0.15, 0.2) is 15.0 Å². The second-order valence-electron chi connectivity index (χ2n) is 7.81. The average Bonchev–Trinajstić information content (AvgIpc) is 3.16. The second-order valence-corrected chi connectivity index (χ2v) is 11.0. The fraction of sp³-hybridized carbons (Fsp3) is 0.348. The first-order chi connectivity index (χ1) is 15.4. The molecule has 1 fully saturated rings. The third-order valence-corrected chi connectivity index (χ3v) is 8.34. The van der Waals surface area contributed by atoms with E-state index in [1.807, 2.05) is 43.3 Å². The van der Waals surface area contributed by atoms with E-state index in [1.54, 1.807) is 27.7 Å². The molecule has 2 aromatic carbocycles. The van der Waals surface area contributed by atoms with E-state index in [0.717, 1.165) is 5.56 Å². The zero-order valence-corrected chi connectivity index (χ0v) is 19.4. The van der Waals surface area contributed by atoms with Crippen LogP contribution < -0.4 is 5.56 Å². The lowest BCUT2D eigenvalue weighted by atomic mass is 10.1. The van der Waals surface area contributed by atoms with Gasteiger partial charge in [-0.1, -0.05) is 54.2 Å². The largest absolute Gasteiger partial charge is 0.334 e. The molecule has 7 nitrogen and oxygen atoms in total. The number of fused-ring (bicyclic) bond motifs is 1. The highest BCUT2D eigenvalue weighted by molar-refractivity contribution is 7.99. The first-order valence-electron chi connectivity index (χ1n) is 10.5. The summed E-state index contributed by atoms with van der Waals surface area (Å²) >= 11 is 1.22. The summed E-state index contributed by atoms with van der Waals surface area (Å²) in [7, 11) is -3.13. The van der Waals surface area contributed by atoms with E-state index in [4.69, 9.17) is 0 Å². The van der Waals surface area contributed by atoms with Crippen molar-refractivity contribution in [1.29, 1.82) is 0 Å². The number of sulfone groups is 1. The van der Waals surface area contributed by atoms with Gasteiger partial charge in [0.25, 0.3) is 5.56 Å². The average molecular weight is 472 g/mol. The lowest BCUT2D eigenvalue weighted by Gasteiger charge is -2.28. The molecule has 4 rings (SSSR count). The number of amides is 1. The number of carbonyl (C=O) groups is 1. The molecule has 3 aromatic rings. The Bertz CT molecular complexity index is 1290. The van der Waals surface area contributed by atoms with Crippen LogP contribution in [0.3, 0.4) is 0 Å². The number of benzene rings is 2. The summed E-state index contributed by atoms with van der Waals surface area (Å²) in [6.07, 6.45) is 0.444. The van der Waals surface area contributed by atoms with Gasteiger partial charge < -0.3 is 4.90 Å². The maximum Gasteiger partial charge on any atom is 0.262 e. The van der Waals surface area contributed by atoms with Gasteiger partial charge in [0, 0.05) is 19.1 Å². The van der Waals surface area contributed by atoms with Crippen LogP contribution in [0.2, 0.25) is 0 Å². The van der Waals surface area contributed by atoms with Gasteiger partial charge in [-0.15, -0.1) is 0 Å². The smallest absolute Gasteiger partial charge is 0.262 e. The molecule has 1 amide bonds. The summed E-state index contributed by atoms with van der Waals surface area (Å²) in [6, 6.07) is 16.4. The highest BCUT2D eigenvalue weighted by Crippen LogP contribution is 2.23. The third kappa shape index (κ3) is 4.88. The van der Waals surface area contributed by atoms with Crippen LogP contribution in [0.1, 0.15) is 18.9 Å². The second kappa shape index (κ2) is 9.46. The standard InChI is InChI=1S/C23H25N3O4S2/c1-2-25-22(28)19-10-6-7-11-20(19)24-23(25)31-15-21(27)26(14-17-8-4-3-5-9-17)18-12-13-32(29,30)16-18/h3-11,18H,2,12-16H2,1H3. The monoisotopic (exact) mass is 471 g/mol. The molecule has 32 heavy (non-hydrogen) atoms. The zero-order chi connectivity index (χ0) is 22.7. The van der Waals surface area contributed by atoms with Crippen molar-refractivity contribution < 1.29 is 13.2 Å². The molecule has 9 heteroatoms. The quantitative estimate of drug-likeness (QED) is 0.389. The van der Waals surface area contributed by atoms with Crippen molar-refractivity contribution in [2.24, 2.45) is 0 Å². The minimum atomic E-state index is -3.13. The van der Waals surface area contributed by atoms with Crippen molar-refractivity contribution in [3.05, 3.63) is 70.5 Å². The predicted molar refractivity (Wildman–Crippen MR) is 126 cm³/mol. The van der Waals surface area contributed by atoms with Gasteiger partial charge in [0.2, 0.25) is 5.91 Å². The lowest BCUT2D eigenvalue weighted by molar-refractivity contribution is -0.130. The molecular formula is C23H25N3O4S2. The summed E-state index contributed by atoms with van der Waals surface area (Å²) in [5, 5.41) is 1.04. The van der Waals surface area contributed by atoms with Crippen molar-refractivity contribution in [1.82, 2.24) is 14.5 Å². The Labute approximate surface area is 191 Å². The zero-order valence-electron chi connectivity index (χ0n) is 17.8. The molecule has 0 bridgehead atoms. The number of nitrogens with zero attached hydrogens (tertiary/aromatic N) is 3. The Balaban J connectivity index is 1.58. The Morgan fingerprint density at radius 2 is 1.88 bits per heavy atom. The molecule has 168 valence electrons. The van der Waals surface area contributed by atoms with Crippen molar-refractivity contribution in [2.75, 3.05) is 17.3 Å². The summed E-state index contributed by atoms with van der Waals surface area (Å²) in [5.41, 5.74) is 1.42. The van der Waals surface area contributed by atoms with E-state index in [-0.39, 0.29) is 34.8 Å². The summed E-state index contributed by atoms with van der Waals surface area (Å²) < 4.78 is 25.7. The van der Waals surface area contributed by atoms with Crippen LogP contribution >= 0.6 is 11.8 Å². The number of rotatable bonds is 7. The SMILES string of the molecule is CCn1c(SCC(=O)N(Cc2ccccc2)C2CCS(=O)(=O)C2)nc2ccccc2c1=O. The molecule has 0 N–H and O–H groups in total. The number of thioether (sulfide) groups is 1. The molecule has 1 aliphatic rings. The third-order valence-electron chi connectivity index (χ3n) is 5.63. The number of para-hydroxylation sites is 1. The van der Waals surface area contributed by atoms with Crippen LogP contribution in [-0.2, 0) is 27.7 Å². The van der Waals surface area contributed by atoms with E-state index >= 15 is 0 Å². The van der Waals surface area contributed by atoms with Gasteiger partial charge >= 0.3 is 0 Å². The molecule has 0 saturated carbocycles. The molecule has 1 saturated heterocycles. The van der Waals surface area contributed by atoms with Gasteiger partial charge in [0.1, 0.15) is 0 Å². The van der Waals surface area contributed by atoms with Crippen molar-refractivity contribution in [3.8, 4) is 0 Å². The van der Waals surface area contributed by atoms with Crippen LogP contribution in [0, 0.1) is 0 Å². The highest BCUT2D eigenvalue weighted by atomic mass is 32.2. The molecule has 2 heterocycles. The van der Waals surface area contributed by atoms with Crippen LogP contribution in [0.5, 0.6) is 0 Å². The fourth-order valence-electron chi connectivity index (χ4n) is 3.97. The molecular weight excluding hydrogens is 446 g/mol. The Morgan fingerprint density at radius 1 is 1.16 bits per heavy atom. The summed E-state index contributed by atoms with van der Waals surface area (Å²) in [5.74, 6) is 0.00882. The van der Waals surface area contributed by atoms with E-state index < -0.39 is 9.84 Å². The number of aromatic nitrogens is 2. The molecule has 1 unspecified atom stereocenters. The Morgan fingerprint density at radius 3 is 2.56 bits per heavy atom. The highest BCUT2D eigenvalue weighted by Gasteiger charge is 2.34. The van der Waals surface area contributed by atoms with Crippen molar-refractivity contribution in [2.45, 2.75) is 37.6 Å². The minimum absolute atomic E-state index is 0.00979. The van der Waals surface area contributed by atoms with E-state index in [2.05, 4.69) is 4.98 Å². The minimum Gasteiger partial charge on any atom is -0.334 e. The van der Waals surface area contributed by atoms with Gasteiger partial charge in [-0.25, -0.2) is 13.4 Å². The summed E-state index contributed by atoms with van der Waals surface area (Å²) in [6.45, 7) is 2.67. The summed E-state index contributed by atoms with van der Waals surface area (Å²) in [4.78, 5) is 32.4. The topological polar surface area (TPSA) is 89.3 Å². The van der Waals surface area contributed by atoms with Gasteiger partial charge in [-0.05, 0) is 31.0 Å². The Kier molecular flexibility index (Phi) is 6.66. The molecule has 0 spiro atoms. The van der Waals surface area contributed by atoms with E-state index in [0.29, 0.717) is 35.6 Å². The van der Waals surface area contributed by atoms with Gasteiger partial charge in [0.05, 0.1) is 28.2 Å². The number of hydrogen-bond donors (Lipinski definition) is 0. The van der Waals surface area contributed by atoms with Crippen molar-refractivity contribution in [3.63, 3.8) is 0 Å². The molecule has 0 radical (unpaired) electrons. The van der Waals surface area contributed by atoms with E-state index in [1.165, 1.54) is 11.8 Å². The maximum atomic E-state index is 13.3. The lowest BCUT2D eigenvalue weighted by Crippen LogP contribution is -2.41. The Hall–Kier alpha value is -2.65. The first-order valence-corrected chi connectivity index (χ1v) is 13.3. The van der Waals surface area contributed by atoms with Crippen LogP contribution in [0.25, 0.3) is 10.9 Å². The molecule has 0 aliphatic carbocycles. The van der Waals surface area contributed by atoms with Gasteiger partial charge in [-0.3, -0.25) is 14.2 Å². The first kappa shape index (κ1) is 22.5. The number of carbonyl (C=O) groups excluding carboxylic acids is 1. The van der Waals surface area contributed by atoms with Crippen LogP contribution in [-0.4, -0.2) is 52.1 Å². The molecule has 1 aromatic heterocycles.